The highest BCUT2D eigenvalue weighted by Gasteiger charge is 2.35. The Bertz CT molecular complexity index is 810. The number of nitrogens with one attached hydrogen (secondary N) is 1. The van der Waals surface area contributed by atoms with Gasteiger partial charge in [-0.25, -0.2) is 0 Å². The average molecular weight is 336 g/mol. The van der Waals surface area contributed by atoms with Crippen LogP contribution in [0.3, 0.4) is 0 Å². The third-order valence-corrected chi connectivity index (χ3v) is 4.59. The van der Waals surface area contributed by atoms with Crippen molar-refractivity contribution in [2.45, 2.75) is 12.5 Å². The van der Waals surface area contributed by atoms with Gasteiger partial charge in [0.2, 0.25) is 0 Å². The minimum Gasteiger partial charge on any atom is -0.497 e. The number of hydrogen-bond acceptors (Lipinski definition) is 4. The highest BCUT2D eigenvalue weighted by molar-refractivity contribution is 5.54. The molecule has 0 heterocycles. The van der Waals surface area contributed by atoms with Crippen molar-refractivity contribution in [3.63, 3.8) is 0 Å². The van der Waals surface area contributed by atoms with Gasteiger partial charge >= 0.3 is 0 Å². The molecule has 2 aromatic rings. The van der Waals surface area contributed by atoms with Gasteiger partial charge in [0, 0.05) is 23.7 Å². The summed E-state index contributed by atoms with van der Waals surface area (Å²) in [5, 5.41) is 14.5. The van der Waals surface area contributed by atoms with Crippen LogP contribution in [-0.2, 0) is 5.54 Å². The second-order valence-electron chi connectivity index (χ2n) is 6.06. The Kier molecular flexibility index (Phi) is 4.57. The number of hydrogen-bond donors (Lipinski definition) is 1. The van der Waals surface area contributed by atoms with Crippen LogP contribution in [0.15, 0.2) is 72.8 Å². The standard InChI is InChI=1S/C20H20N2O3/c1-15-5-3-4-14-20(15,16-6-10-18(11-7-16)22(23)24)21-17-8-12-19(25-2)13-9-17/h3-15,21H,1-2H3. The Balaban J connectivity index is 1.99. The molecule has 2 aromatic carbocycles. The summed E-state index contributed by atoms with van der Waals surface area (Å²) in [6.45, 7) is 2.12. The van der Waals surface area contributed by atoms with E-state index in [-0.39, 0.29) is 16.5 Å². The van der Waals surface area contributed by atoms with E-state index >= 15 is 0 Å². The molecule has 25 heavy (non-hydrogen) atoms. The maximum Gasteiger partial charge on any atom is 0.269 e. The van der Waals surface area contributed by atoms with Gasteiger partial charge in [0.15, 0.2) is 0 Å². The molecule has 0 radical (unpaired) electrons. The molecule has 128 valence electrons. The van der Waals surface area contributed by atoms with Crippen LogP contribution >= 0.6 is 0 Å². The summed E-state index contributed by atoms with van der Waals surface area (Å²) in [5.41, 5.74) is 1.54. The molecule has 0 saturated heterocycles. The summed E-state index contributed by atoms with van der Waals surface area (Å²) >= 11 is 0. The summed E-state index contributed by atoms with van der Waals surface area (Å²) in [7, 11) is 1.64. The Labute approximate surface area is 146 Å². The summed E-state index contributed by atoms with van der Waals surface area (Å²) < 4.78 is 5.21. The van der Waals surface area contributed by atoms with Crippen molar-refractivity contribution < 1.29 is 9.66 Å². The first kappa shape index (κ1) is 16.8. The van der Waals surface area contributed by atoms with Gasteiger partial charge in [-0.2, -0.15) is 0 Å². The van der Waals surface area contributed by atoms with Gasteiger partial charge in [-0.15, -0.1) is 0 Å². The van der Waals surface area contributed by atoms with Crippen LogP contribution in [0.25, 0.3) is 0 Å². The largest absolute Gasteiger partial charge is 0.497 e. The van der Waals surface area contributed by atoms with Crippen molar-refractivity contribution >= 4 is 11.4 Å². The number of ether oxygens (including phenoxy) is 1. The van der Waals surface area contributed by atoms with Gasteiger partial charge in [-0.05, 0) is 42.0 Å². The summed E-state index contributed by atoms with van der Waals surface area (Å²) in [6.07, 6.45) is 8.24. The fraction of sp³-hybridized carbons (Fsp3) is 0.200. The van der Waals surface area contributed by atoms with Gasteiger partial charge in [-0.3, -0.25) is 10.1 Å². The first-order chi connectivity index (χ1) is 12.0. The van der Waals surface area contributed by atoms with Gasteiger partial charge in [0.25, 0.3) is 5.69 Å². The fourth-order valence-corrected chi connectivity index (χ4v) is 3.10. The van der Waals surface area contributed by atoms with Crippen molar-refractivity contribution in [3.8, 4) is 5.75 Å². The zero-order chi connectivity index (χ0) is 17.9. The number of allylic oxidation sites excluding steroid dienone is 2. The van der Waals surface area contributed by atoms with Crippen LogP contribution in [-0.4, -0.2) is 12.0 Å². The van der Waals surface area contributed by atoms with E-state index in [0.717, 1.165) is 17.0 Å². The van der Waals surface area contributed by atoms with E-state index < -0.39 is 5.54 Å². The summed E-state index contributed by atoms with van der Waals surface area (Å²) in [5.74, 6) is 0.961. The van der Waals surface area contributed by atoms with Crippen LogP contribution in [0.2, 0.25) is 0 Å². The SMILES string of the molecule is COc1ccc(NC2(c3ccc([N+](=O)[O-])cc3)C=CC=CC2C)cc1. The lowest BCUT2D eigenvalue weighted by molar-refractivity contribution is -0.384. The third-order valence-electron chi connectivity index (χ3n) is 4.59. The van der Waals surface area contributed by atoms with Crippen molar-refractivity contribution in [2.24, 2.45) is 5.92 Å². The van der Waals surface area contributed by atoms with Crippen molar-refractivity contribution in [1.29, 1.82) is 0 Å². The predicted molar refractivity (Wildman–Crippen MR) is 98.8 cm³/mol. The van der Waals surface area contributed by atoms with E-state index in [0.29, 0.717) is 0 Å². The highest BCUT2D eigenvalue weighted by atomic mass is 16.6. The molecule has 0 amide bonds. The number of methoxy groups -OCH3 is 1. The Morgan fingerprint density at radius 1 is 1.08 bits per heavy atom. The molecular formula is C20H20N2O3. The average Bonchev–Trinajstić information content (AvgIpc) is 2.64. The second-order valence-corrected chi connectivity index (χ2v) is 6.06. The molecule has 1 N–H and O–H groups in total. The Hall–Kier alpha value is -3.08. The summed E-state index contributed by atoms with van der Waals surface area (Å²) in [4.78, 5) is 10.6. The quantitative estimate of drug-likeness (QED) is 0.636. The molecule has 5 heteroatoms. The molecule has 0 saturated carbocycles. The van der Waals surface area contributed by atoms with E-state index in [1.807, 2.05) is 48.6 Å². The van der Waals surface area contributed by atoms with Crippen LogP contribution in [0.1, 0.15) is 12.5 Å². The monoisotopic (exact) mass is 336 g/mol. The zero-order valence-electron chi connectivity index (χ0n) is 14.2. The predicted octanol–water partition coefficient (Wildman–Crippen LogP) is 4.67. The topological polar surface area (TPSA) is 64.4 Å². The first-order valence-corrected chi connectivity index (χ1v) is 8.08. The van der Waals surface area contributed by atoms with Crippen molar-refractivity contribution in [3.05, 3.63) is 88.5 Å². The number of nitro benzene ring substituents is 1. The van der Waals surface area contributed by atoms with Crippen LogP contribution in [0, 0.1) is 16.0 Å². The molecule has 3 rings (SSSR count). The molecule has 0 aliphatic heterocycles. The van der Waals surface area contributed by atoms with Crippen LogP contribution in [0.4, 0.5) is 11.4 Å². The number of benzene rings is 2. The van der Waals surface area contributed by atoms with Crippen LogP contribution < -0.4 is 10.1 Å². The van der Waals surface area contributed by atoms with Crippen LogP contribution in [0.5, 0.6) is 5.75 Å². The second kappa shape index (κ2) is 6.81. The molecule has 0 spiro atoms. The van der Waals surface area contributed by atoms with Gasteiger partial charge in [0.1, 0.15) is 5.75 Å². The van der Waals surface area contributed by atoms with Gasteiger partial charge in [0.05, 0.1) is 17.6 Å². The van der Waals surface area contributed by atoms with Gasteiger partial charge in [-0.1, -0.05) is 31.2 Å². The minimum atomic E-state index is -0.474. The number of rotatable bonds is 5. The maximum atomic E-state index is 10.9. The highest BCUT2D eigenvalue weighted by Crippen LogP contribution is 2.39. The summed E-state index contributed by atoms with van der Waals surface area (Å²) in [6, 6.07) is 14.5. The molecule has 2 unspecified atom stereocenters. The molecule has 0 aromatic heterocycles. The van der Waals surface area contributed by atoms with E-state index in [2.05, 4.69) is 24.4 Å². The fourth-order valence-electron chi connectivity index (χ4n) is 3.10. The molecule has 0 bridgehead atoms. The van der Waals surface area contributed by atoms with Crippen molar-refractivity contribution in [1.82, 2.24) is 0 Å². The molecule has 1 aliphatic carbocycles. The van der Waals surface area contributed by atoms with Gasteiger partial charge < -0.3 is 10.1 Å². The molecule has 5 nitrogen and oxygen atoms in total. The smallest absolute Gasteiger partial charge is 0.269 e. The van der Waals surface area contributed by atoms with Crippen molar-refractivity contribution in [2.75, 3.05) is 12.4 Å². The van der Waals surface area contributed by atoms with E-state index in [9.17, 15) is 10.1 Å². The number of nitro groups is 1. The first-order valence-electron chi connectivity index (χ1n) is 8.08. The zero-order valence-corrected chi connectivity index (χ0v) is 14.2. The number of non-ortho nitro benzene ring substituents is 1. The van der Waals surface area contributed by atoms with E-state index in [4.69, 9.17) is 4.74 Å². The Morgan fingerprint density at radius 3 is 2.32 bits per heavy atom. The molecule has 0 fully saturated rings. The molecule has 1 aliphatic rings. The van der Waals surface area contributed by atoms with E-state index in [1.165, 1.54) is 0 Å². The lowest BCUT2D eigenvalue weighted by atomic mass is 9.76. The Morgan fingerprint density at radius 2 is 1.76 bits per heavy atom. The number of anilines is 1. The minimum absolute atomic E-state index is 0.0892. The lowest BCUT2D eigenvalue weighted by Crippen LogP contribution is -2.40. The third kappa shape index (κ3) is 3.26. The molecular weight excluding hydrogens is 316 g/mol. The lowest BCUT2D eigenvalue weighted by Gasteiger charge is -2.39. The normalized spacial score (nSPS) is 21.8. The maximum absolute atomic E-state index is 10.9. The number of nitrogens with zero attached hydrogens (tertiary/aromatic N) is 1. The van der Waals surface area contributed by atoms with E-state index in [1.54, 1.807) is 19.2 Å². The molecule has 2 atom stereocenters.